The molecule has 0 amide bonds. The van der Waals surface area contributed by atoms with Crippen molar-refractivity contribution in [3.63, 3.8) is 0 Å². The van der Waals surface area contributed by atoms with Gasteiger partial charge in [-0.05, 0) is 38.4 Å². The number of halogens is 2. The van der Waals surface area contributed by atoms with Crippen molar-refractivity contribution in [2.24, 2.45) is 4.99 Å². The lowest BCUT2D eigenvalue weighted by Crippen LogP contribution is -2.57. The van der Waals surface area contributed by atoms with E-state index in [0.717, 1.165) is 64.0 Å². The van der Waals surface area contributed by atoms with Crippen LogP contribution in [-0.4, -0.2) is 100 Å². The number of likely N-dealkylation sites (N-methyl/N-ethyl adjacent to an activating group) is 2. The third kappa shape index (κ3) is 5.92. The molecule has 1 atom stereocenters. The maximum atomic E-state index is 13.1. The van der Waals surface area contributed by atoms with Gasteiger partial charge >= 0.3 is 0 Å². The van der Waals surface area contributed by atoms with E-state index >= 15 is 0 Å². The molecule has 0 bridgehead atoms. The van der Waals surface area contributed by atoms with Crippen LogP contribution in [0.5, 0.6) is 0 Å². The van der Waals surface area contributed by atoms with Crippen LogP contribution in [0, 0.1) is 5.82 Å². The predicted octanol–water partition coefficient (Wildman–Crippen LogP) is 1.39. The van der Waals surface area contributed by atoms with Crippen LogP contribution in [0.15, 0.2) is 29.3 Å². The van der Waals surface area contributed by atoms with Gasteiger partial charge in [-0.15, -0.1) is 24.0 Å². The average Bonchev–Trinajstić information content (AvgIpc) is 2.66. The number of rotatable bonds is 3. The second-order valence-corrected chi connectivity index (χ2v) is 7.28. The van der Waals surface area contributed by atoms with Gasteiger partial charge in [0.05, 0.1) is 0 Å². The number of aliphatic imine (C=N–C) groups is 1. The molecule has 6 nitrogen and oxygen atoms in total. The second kappa shape index (κ2) is 10.4. The van der Waals surface area contributed by atoms with Gasteiger partial charge in [-0.3, -0.25) is 9.89 Å². The number of hydrogen-bond acceptors (Lipinski definition) is 4. The second-order valence-electron chi connectivity index (χ2n) is 7.28. The molecule has 152 valence electrons. The van der Waals surface area contributed by atoms with Gasteiger partial charge in [0.1, 0.15) is 5.82 Å². The summed E-state index contributed by atoms with van der Waals surface area (Å²) in [4.78, 5) is 13.9. The molecule has 0 saturated carbocycles. The minimum atomic E-state index is -0.185. The Morgan fingerprint density at radius 1 is 1.07 bits per heavy atom. The molecule has 27 heavy (non-hydrogen) atoms. The maximum absolute atomic E-state index is 13.1. The Morgan fingerprint density at radius 3 is 2.37 bits per heavy atom. The Morgan fingerprint density at radius 2 is 1.74 bits per heavy atom. The van der Waals surface area contributed by atoms with Crippen molar-refractivity contribution in [1.82, 2.24) is 20.0 Å². The fourth-order valence-electron chi connectivity index (χ4n) is 3.69. The maximum Gasteiger partial charge on any atom is 0.193 e. The lowest BCUT2D eigenvalue weighted by molar-refractivity contribution is 0.116. The summed E-state index contributed by atoms with van der Waals surface area (Å²) in [6, 6.07) is 7.27. The third-order valence-electron chi connectivity index (χ3n) is 5.46. The molecule has 2 saturated heterocycles. The van der Waals surface area contributed by atoms with E-state index in [9.17, 15) is 4.39 Å². The van der Waals surface area contributed by atoms with Crippen molar-refractivity contribution < 1.29 is 4.39 Å². The van der Waals surface area contributed by atoms with Gasteiger partial charge < -0.3 is 20.0 Å². The lowest BCUT2D eigenvalue weighted by Gasteiger charge is -2.40. The zero-order chi connectivity index (χ0) is 18.5. The largest absolute Gasteiger partial charge is 0.368 e. The Hall–Kier alpha value is -1.13. The summed E-state index contributed by atoms with van der Waals surface area (Å²) in [6.45, 7) is 7.89. The molecule has 1 unspecified atom stereocenters. The van der Waals surface area contributed by atoms with Gasteiger partial charge in [-0.25, -0.2) is 4.39 Å². The van der Waals surface area contributed by atoms with E-state index in [1.807, 2.05) is 19.2 Å². The van der Waals surface area contributed by atoms with Crippen LogP contribution in [0.2, 0.25) is 0 Å². The molecule has 1 N–H and O–H groups in total. The van der Waals surface area contributed by atoms with E-state index in [-0.39, 0.29) is 29.8 Å². The number of piperazine rings is 2. The van der Waals surface area contributed by atoms with Crippen LogP contribution in [-0.2, 0) is 0 Å². The van der Waals surface area contributed by atoms with Gasteiger partial charge in [0.15, 0.2) is 5.96 Å². The van der Waals surface area contributed by atoms with E-state index in [1.165, 1.54) is 12.1 Å². The highest BCUT2D eigenvalue weighted by Crippen LogP contribution is 2.17. The summed E-state index contributed by atoms with van der Waals surface area (Å²) in [5.41, 5.74) is 1.08. The van der Waals surface area contributed by atoms with Crippen LogP contribution in [0.4, 0.5) is 10.1 Å². The molecule has 0 aromatic heterocycles. The van der Waals surface area contributed by atoms with Crippen LogP contribution in [0.1, 0.15) is 0 Å². The highest BCUT2D eigenvalue weighted by molar-refractivity contribution is 14.0. The molecule has 0 spiro atoms. The molecule has 2 aliphatic heterocycles. The molecule has 0 aliphatic carbocycles. The van der Waals surface area contributed by atoms with E-state index in [0.29, 0.717) is 6.04 Å². The van der Waals surface area contributed by atoms with Crippen molar-refractivity contribution in [3.05, 3.63) is 30.1 Å². The zero-order valence-electron chi connectivity index (χ0n) is 16.6. The molecule has 3 rings (SSSR count). The SMILES string of the molecule is CN=C(NCC1CN(C)CCN1C)N1CCN(c2ccc(F)cc2)CC1.I. The van der Waals surface area contributed by atoms with Gasteiger partial charge in [0.2, 0.25) is 0 Å². The molecule has 0 radical (unpaired) electrons. The molecule has 8 heteroatoms. The monoisotopic (exact) mass is 490 g/mol. The highest BCUT2D eigenvalue weighted by Gasteiger charge is 2.24. The van der Waals surface area contributed by atoms with Crippen molar-refractivity contribution >= 4 is 35.6 Å². The predicted molar refractivity (Wildman–Crippen MR) is 121 cm³/mol. The van der Waals surface area contributed by atoms with Crippen LogP contribution < -0.4 is 10.2 Å². The quantitative estimate of drug-likeness (QED) is 0.394. The molecule has 1 aromatic carbocycles. The zero-order valence-corrected chi connectivity index (χ0v) is 18.9. The van der Waals surface area contributed by atoms with Crippen molar-refractivity contribution in [2.45, 2.75) is 6.04 Å². The minimum absolute atomic E-state index is 0. The van der Waals surface area contributed by atoms with Crippen molar-refractivity contribution in [2.75, 3.05) is 78.4 Å². The summed E-state index contributed by atoms with van der Waals surface area (Å²) in [5, 5.41) is 3.56. The number of nitrogens with one attached hydrogen (secondary N) is 1. The van der Waals surface area contributed by atoms with Crippen molar-refractivity contribution in [1.29, 1.82) is 0 Å². The first-order valence-corrected chi connectivity index (χ1v) is 9.41. The Bertz CT molecular complexity index is 603. The number of benzene rings is 1. The molecule has 2 fully saturated rings. The van der Waals surface area contributed by atoms with E-state index < -0.39 is 0 Å². The van der Waals surface area contributed by atoms with Crippen LogP contribution >= 0.6 is 24.0 Å². The molecular formula is C19H32FIN6. The fraction of sp³-hybridized carbons (Fsp3) is 0.632. The topological polar surface area (TPSA) is 37.4 Å². The first kappa shape index (κ1) is 22.2. The number of guanidine groups is 1. The Kier molecular flexibility index (Phi) is 8.56. The first-order chi connectivity index (χ1) is 12.6. The van der Waals surface area contributed by atoms with E-state index in [2.05, 4.69) is 44.0 Å². The number of hydrogen-bond donors (Lipinski definition) is 1. The van der Waals surface area contributed by atoms with E-state index in [4.69, 9.17) is 0 Å². The normalized spacial score (nSPS) is 22.5. The molecule has 2 aliphatic rings. The Balaban J connectivity index is 0.00000261. The van der Waals surface area contributed by atoms with Gasteiger partial charge in [-0.2, -0.15) is 0 Å². The minimum Gasteiger partial charge on any atom is -0.368 e. The first-order valence-electron chi connectivity index (χ1n) is 9.41. The lowest BCUT2D eigenvalue weighted by atomic mass is 10.2. The van der Waals surface area contributed by atoms with Crippen LogP contribution in [0.3, 0.4) is 0 Å². The smallest absolute Gasteiger partial charge is 0.193 e. The molecular weight excluding hydrogens is 458 g/mol. The van der Waals surface area contributed by atoms with Gasteiger partial charge in [0.25, 0.3) is 0 Å². The Labute approximate surface area is 179 Å². The number of anilines is 1. The fourth-order valence-corrected chi connectivity index (χ4v) is 3.69. The van der Waals surface area contributed by atoms with Gasteiger partial charge in [0, 0.05) is 71.1 Å². The van der Waals surface area contributed by atoms with Crippen LogP contribution in [0.25, 0.3) is 0 Å². The highest BCUT2D eigenvalue weighted by atomic mass is 127. The summed E-state index contributed by atoms with van der Waals surface area (Å²) in [5.74, 6) is 0.792. The number of nitrogens with zero attached hydrogens (tertiary/aromatic N) is 5. The summed E-state index contributed by atoms with van der Waals surface area (Å²) >= 11 is 0. The molecule has 1 aromatic rings. The standard InChI is InChI=1S/C19H31FN6.HI/c1-21-19(22-14-18-15-23(2)8-9-24(18)3)26-12-10-25(11-13-26)17-6-4-16(20)5-7-17;/h4-7,18H,8-15H2,1-3H3,(H,21,22);1H. The summed E-state index contributed by atoms with van der Waals surface area (Å²) in [7, 11) is 6.23. The summed E-state index contributed by atoms with van der Waals surface area (Å²) in [6.07, 6.45) is 0. The summed E-state index contributed by atoms with van der Waals surface area (Å²) < 4.78 is 13.1. The van der Waals surface area contributed by atoms with E-state index in [1.54, 1.807) is 0 Å². The van der Waals surface area contributed by atoms with Crippen molar-refractivity contribution in [3.8, 4) is 0 Å². The average molecular weight is 490 g/mol. The third-order valence-corrected chi connectivity index (χ3v) is 5.46. The molecule has 2 heterocycles. The van der Waals surface area contributed by atoms with Gasteiger partial charge in [-0.1, -0.05) is 0 Å².